The van der Waals surface area contributed by atoms with Crippen molar-refractivity contribution in [2.45, 2.75) is 7.43 Å². The zero-order chi connectivity index (χ0) is 16.7. The van der Waals surface area contributed by atoms with Gasteiger partial charge in [-0.2, -0.15) is 0 Å². The van der Waals surface area contributed by atoms with Crippen LogP contribution >= 0.6 is 23.5 Å². The maximum absolute atomic E-state index is 10.5. The van der Waals surface area contributed by atoms with Crippen molar-refractivity contribution >= 4 is 23.5 Å². The molecule has 0 bridgehead atoms. The first-order valence-electron chi connectivity index (χ1n) is 5.11. The van der Waals surface area contributed by atoms with E-state index in [0.29, 0.717) is 0 Å². The predicted molar refractivity (Wildman–Crippen MR) is 72.3 cm³/mol. The fourth-order valence-electron chi connectivity index (χ4n) is 0.975. The van der Waals surface area contributed by atoms with Gasteiger partial charge in [0.05, 0.1) is 13.2 Å². The number of hydrogen-bond acceptors (Lipinski definition) is 7. The van der Waals surface area contributed by atoms with Crippen LogP contribution < -0.4 is 0 Å². The first-order valence-corrected chi connectivity index (χ1v) is 9.70. The van der Waals surface area contributed by atoms with Crippen molar-refractivity contribution < 1.29 is 56.6 Å². The maximum Gasteiger partial charge on any atom is 0.470 e. The largest absolute Gasteiger partial charge is 0.470 e. The molecule has 6 N–H and O–H groups in total. The minimum absolute atomic E-state index is 0. The summed E-state index contributed by atoms with van der Waals surface area (Å²) in [5, 5.41) is 0. The van der Waals surface area contributed by atoms with E-state index in [2.05, 4.69) is 13.6 Å². The number of nitrogens with zero attached hydrogens (tertiary/aromatic N) is 1. The molecule has 0 aromatic rings. The van der Waals surface area contributed by atoms with E-state index in [9.17, 15) is 13.7 Å². The Bertz CT molecular complexity index is 410. The third-order valence-corrected chi connectivity index (χ3v) is 3.23. The van der Waals surface area contributed by atoms with E-state index in [1.165, 1.54) is 0 Å². The second kappa shape index (κ2) is 10.2. The smallest absolute Gasteiger partial charge is 0.303 e. The van der Waals surface area contributed by atoms with Gasteiger partial charge < -0.3 is 29.4 Å². The van der Waals surface area contributed by atoms with Crippen LogP contribution in [0.25, 0.3) is 0 Å². The molecule has 0 fully saturated rings. The molecule has 0 atom stereocenters. The Hall–Kier alpha value is 0.290. The molecular weight excluding hydrogens is 371 g/mol. The van der Waals surface area contributed by atoms with Crippen molar-refractivity contribution in [3.05, 3.63) is 0 Å². The Morgan fingerprint density at radius 2 is 1.00 bits per heavy atom. The lowest BCUT2D eigenvalue weighted by molar-refractivity contribution is 0.0605. The lowest BCUT2D eigenvalue weighted by atomic mass is 10.5. The van der Waals surface area contributed by atoms with Gasteiger partial charge in [-0.1, -0.05) is 7.43 Å². The number of phosphoric ester groups is 3. The van der Waals surface area contributed by atoms with Gasteiger partial charge in [0.25, 0.3) is 0 Å². The summed E-state index contributed by atoms with van der Waals surface area (Å²) in [7, 11) is -14.2. The summed E-state index contributed by atoms with van der Waals surface area (Å²) in [5.41, 5.74) is 0. The molecule has 0 aromatic heterocycles. The summed E-state index contributed by atoms with van der Waals surface area (Å²) in [6.45, 7) is -2.17. The lowest BCUT2D eigenvalue weighted by Gasteiger charge is -2.22. The Morgan fingerprint density at radius 1 is 0.682 bits per heavy atom. The maximum atomic E-state index is 10.5. The quantitative estimate of drug-likeness (QED) is 0.189. The summed E-state index contributed by atoms with van der Waals surface area (Å²) < 4.78 is 43.8. The Morgan fingerprint density at radius 3 is 1.27 bits per heavy atom. The third-order valence-electron chi connectivity index (χ3n) is 1.74. The van der Waals surface area contributed by atoms with Crippen LogP contribution in [-0.4, -0.2) is 67.3 Å². The van der Waals surface area contributed by atoms with Crippen molar-refractivity contribution in [2.24, 2.45) is 0 Å². The SMILES string of the molecule is C.O=P(O)(O)OCCN(CCOP(=O)(O)O)COP(=O)(O)O. The highest BCUT2D eigenvalue weighted by Gasteiger charge is 2.20. The molecule has 0 rings (SSSR count). The van der Waals surface area contributed by atoms with Crippen LogP contribution in [0.4, 0.5) is 0 Å². The standard InChI is InChI=1S/C5H16NO12P3.CH4/c7-19(8,9)16-3-1-6(5-18-21(13,14)15)2-4-17-20(10,11)12;/h1-5H2,(H2,7,8,9)(H2,10,11,12)(H2,13,14,15);1H4. The van der Waals surface area contributed by atoms with Gasteiger partial charge in [0, 0.05) is 13.1 Å². The fourth-order valence-corrected chi connectivity index (χ4v) is 1.93. The van der Waals surface area contributed by atoms with Gasteiger partial charge in [0.2, 0.25) is 0 Å². The van der Waals surface area contributed by atoms with Gasteiger partial charge in [0.15, 0.2) is 0 Å². The van der Waals surface area contributed by atoms with E-state index >= 15 is 0 Å². The number of phosphoric acid groups is 3. The summed E-state index contributed by atoms with van der Waals surface area (Å²) in [5.74, 6) is 0. The van der Waals surface area contributed by atoms with Crippen LogP contribution in [0.5, 0.6) is 0 Å². The minimum Gasteiger partial charge on any atom is -0.303 e. The van der Waals surface area contributed by atoms with Crippen LogP contribution in [0.2, 0.25) is 0 Å². The molecule has 0 spiro atoms. The molecule has 0 aliphatic rings. The van der Waals surface area contributed by atoms with Crippen LogP contribution in [-0.2, 0) is 27.3 Å². The zero-order valence-corrected chi connectivity index (χ0v) is 13.1. The Labute approximate surface area is 126 Å². The van der Waals surface area contributed by atoms with Crippen molar-refractivity contribution in [1.82, 2.24) is 4.90 Å². The monoisotopic (exact) mass is 391 g/mol. The molecule has 0 amide bonds. The summed E-state index contributed by atoms with van der Waals surface area (Å²) in [4.78, 5) is 52.0. The second-order valence-corrected chi connectivity index (χ2v) is 7.23. The van der Waals surface area contributed by atoms with Gasteiger partial charge in [-0.15, -0.1) is 0 Å². The summed E-state index contributed by atoms with van der Waals surface area (Å²) in [6.07, 6.45) is 0. The van der Waals surface area contributed by atoms with Crippen LogP contribution in [0.1, 0.15) is 7.43 Å². The van der Waals surface area contributed by atoms with E-state index < -0.39 is 43.4 Å². The highest BCUT2D eigenvalue weighted by Crippen LogP contribution is 2.37. The van der Waals surface area contributed by atoms with Gasteiger partial charge in [0.1, 0.15) is 6.73 Å². The molecule has 0 saturated carbocycles. The molecular formula is C6H20NO12P3. The zero-order valence-electron chi connectivity index (χ0n) is 10.5. The normalized spacial score (nSPS) is 13.2. The van der Waals surface area contributed by atoms with Crippen molar-refractivity contribution in [3.8, 4) is 0 Å². The van der Waals surface area contributed by atoms with E-state index in [0.717, 1.165) is 4.90 Å². The van der Waals surface area contributed by atoms with Crippen molar-refractivity contribution in [1.29, 1.82) is 0 Å². The molecule has 136 valence electrons. The minimum atomic E-state index is -4.78. The van der Waals surface area contributed by atoms with Crippen LogP contribution in [0.3, 0.4) is 0 Å². The highest BCUT2D eigenvalue weighted by atomic mass is 31.2. The second-order valence-electron chi connectivity index (χ2n) is 3.51. The molecule has 0 saturated heterocycles. The highest BCUT2D eigenvalue weighted by molar-refractivity contribution is 7.46. The third kappa shape index (κ3) is 18.3. The van der Waals surface area contributed by atoms with E-state index in [1.54, 1.807) is 0 Å². The van der Waals surface area contributed by atoms with Crippen molar-refractivity contribution in [2.75, 3.05) is 33.0 Å². The first-order chi connectivity index (χ1) is 9.29. The van der Waals surface area contributed by atoms with Gasteiger partial charge >= 0.3 is 23.5 Å². The summed E-state index contributed by atoms with van der Waals surface area (Å²) in [6, 6.07) is 0. The number of rotatable bonds is 11. The molecule has 0 aliphatic carbocycles. The van der Waals surface area contributed by atoms with Crippen molar-refractivity contribution in [3.63, 3.8) is 0 Å². The molecule has 22 heavy (non-hydrogen) atoms. The first kappa shape index (κ1) is 24.5. The van der Waals surface area contributed by atoms with E-state index in [1.807, 2.05) is 0 Å². The average molecular weight is 391 g/mol. The van der Waals surface area contributed by atoms with Gasteiger partial charge in [-0.25, -0.2) is 13.7 Å². The number of hydrogen-bond donors (Lipinski definition) is 6. The molecule has 0 radical (unpaired) electrons. The van der Waals surface area contributed by atoms with Crippen LogP contribution in [0.15, 0.2) is 0 Å². The molecule has 0 unspecified atom stereocenters. The van der Waals surface area contributed by atoms with E-state index in [-0.39, 0.29) is 20.5 Å². The molecule has 0 aromatic carbocycles. The molecule has 13 nitrogen and oxygen atoms in total. The lowest BCUT2D eigenvalue weighted by Crippen LogP contribution is -2.32. The van der Waals surface area contributed by atoms with Gasteiger partial charge in [-0.05, 0) is 0 Å². The Balaban J connectivity index is 0. The summed E-state index contributed by atoms with van der Waals surface area (Å²) >= 11 is 0. The van der Waals surface area contributed by atoms with E-state index in [4.69, 9.17) is 29.4 Å². The average Bonchev–Trinajstić information content (AvgIpc) is 2.20. The molecule has 16 heteroatoms. The van der Waals surface area contributed by atoms with Crippen LogP contribution in [0, 0.1) is 0 Å². The molecule has 0 aliphatic heterocycles. The predicted octanol–water partition coefficient (Wildman–Crippen LogP) is -0.790. The Kier molecular flexibility index (Phi) is 11.4. The molecule has 0 heterocycles. The van der Waals surface area contributed by atoms with Gasteiger partial charge in [-0.3, -0.25) is 18.5 Å². The topological polar surface area (TPSA) is 204 Å². The fraction of sp³-hybridized carbons (Fsp3) is 1.00.